The molecule has 9 heteroatoms. The molecule has 0 spiro atoms. The Morgan fingerprint density at radius 2 is 1.97 bits per heavy atom. The Balaban J connectivity index is 1.64. The topological polar surface area (TPSA) is 71.8 Å². The average Bonchev–Trinajstić information content (AvgIpc) is 3.18. The third-order valence-electron chi connectivity index (χ3n) is 5.60. The number of fused-ring (bicyclic) bond motifs is 1. The van der Waals surface area contributed by atoms with E-state index in [4.69, 9.17) is 0 Å². The molecule has 6 nitrogen and oxygen atoms in total. The number of aromatic nitrogens is 3. The lowest BCUT2D eigenvalue weighted by molar-refractivity contribution is -0.144. The van der Waals surface area contributed by atoms with E-state index >= 15 is 0 Å². The number of pyridine rings is 1. The van der Waals surface area contributed by atoms with E-state index in [0.29, 0.717) is 25.9 Å². The maximum Gasteiger partial charge on any atom is 0.391 e. The van der Waals surface area contributed by atoms with E-state index in [1.807, 2.05) is 31.4 Å². The Hall–Kier alpha value is -2.94. The van der Waals surface area contributed by atoms with Gasteiger partial charge in [0.2, 0.25) is 5.91 Å². The zero-order valence-electron chi connectivity index (χ0n) is 17.1. The fourth-order valence-electron chi connectivity index (χ4n) is 3.93. The first-order valence-corrected chi connectivity index (χ1v) is 10.2. The first kappa shape index (κ1) is 21.3. The van der Waals surface area contributed by atoms with Gasteiger partial charge < -0.3 is 10.6 Å². The number of carbonyl (C=O) groups excluding carboxylic acids is 1. The van der Waals surface area contributed by atoms with Crippen molar-refractivity contribution in [1.82, 2.24) is 25.4 Å². The number of alkyl halides is 3. The number of nitrogens with one attached hydrogen (secondary N) is 2. The summed E-state index contributed by atoms with van der Waals surface area (Å²) in [6.45, 7) is 1.38. The molecule has 0 radical (unpaired) electrons. The molecule has 31 heavy (non-hydrogen) atoms. The van der Waals surface area contributed by atoms with E-state index in [0.717, 1.165) is 21.9 Å². The molecule has 3 heterocycles. The number of hydrogen-bond acceptors (Lipinski definition) is 4. The molecular weight excluding hydrogens is 407 g/mol. The Morgan fingerprint density at radius 3 is 2.65 bits per heavy atom. The largest absolute Gasteiger partial charge is 0.391 e. The molecule has 1 aliphatic heterocycles. The smallest absolute Gasteiger partial charge is 0.347 e. The fourth-order valence-corrected chi connectivity index (χ4v) is 3.93. The van der Waals surface area contributed by atoms with Gasteiger partial charge in [-0.05, 0) is 49.0 Å². The number of nitrogens with zero attached hydrogens (tertiary/aromatic N) is 3. The average molecular weight is 431 g/mol. The number of carbonyl (C=O) groups is 1. The van der Waals surface area contributed by atoms with Crippen molar-refractivity contribution < 1.29 is 18.0 Å². The van der Waals surface area contributed by atoms with Crippen LogP contribution in [0.2, 0.25) is 0 Å². The lowest BCUT2D eigenvalue weighted by Gasteiger charge is -2.26. The maximum atomic E-state index is 13.3. The highest BCUT2D eigenvalue weighted by Gasteiger charge is 2.35. The number of aryl methyl sites for hydroxylation is 1. The molecule has 1 saturated heterocycles. The third-order valence-corrected chi connectivity index (χ3v) is 5.60. The molecular formula is C22H24F3N5O. The van der Waals surface area contributed by atoms with Crippen LogP contribution in [0.3, 0.4) is 0 Å². The molecule has 4 rings (SSSR count). The van der Waals surface area contributed by atoms with Crippen molar-refractivity contribution in [1.29, 1.82) is 0 Å². The lowest BCUT2D eigenvalue weighted by Crippen LogP contribution is -2.40. The van der Waals surface area contributed by atoms with E-state index in [1.54, 1.807) is 23.1 Å². The first-order valence-electron chi connectivity index (χ1n) is 10.2. The van der Waals surface area contributed by atoms with Crippen molar-refractivity contribution in [2.75, 3.05) is 13.1 Å². The minimum atomic E-state index is -4.43. The van der Waals surface area contributed by atoms with Gasteiger partial charge in [0.25, 0.3) is 0 Å². The van der Waals surface area contributed by atoms with Gasteiger partial charge in [0.1, 0.15) is 0 Å². The molecule has 0 bridgehead atoms. The van der Waals surface area contributed by atoms with E-state index in [9.17, 15) is 18.0 Å². The molecule has 1 fully saturated rings. The van der Waals surface area contributed by atoms with Gasteiger partial charge in [-0.3, -0.25) is 14.5 Å². The monoisotopic (exact) mass is 431 g/mol. The summed E-state index contributed by atoms with van der Waals surface area (Å²) in [6, 6.07) is 6.10. The molecule has 1 aliphatic rings. The van der Waals surface area contributed by atoms with Crippen LogP contribution >= 0.6 is 0 Å². The van der Waals surface area contributed by atoms with Gasteiger partial charge >= 0.3 is 6.18 Å². The molecule has 2 aromatic heterocycles. The summed E-state index contributed by atoms with van der Waals surface area (Å²) >= 11 is 0. The minimum Gasteiger partial charge on any atom is -0.347 e. The summed E-state index contributed by atoms with van der Waals surface area (Å²) in [5.74, 6) is -0.628. The third kappa shape index (κ3) is 5.22. The number of benzene rings is 1. The summed E-state index contributed by atoms with van der Waals surface area (Å²) in [7, 11) is 1.82. The maximum absolute atomic E-state index is 13.3. The van der Waals surface area contributed by atoms with Crippen LogP contribution < -0.4 is 10.6 Å². The van der Waals surface area contributed by atoms with Crippen LogP contribution in [0.5, 0.6) is 0 Å². The van der Waals surface area contributed by atoms with Crippen LogP contribution in [0.1, 0.15) is 31.0 Å². The number of hydrogen-bond donors (Lipinski definition) is 2. The van der Waals surface area contributed by atoms with Crippen LogP contribution in [0.4, 0.5) is 13.2 Å². The van der Waals surface area contributed by atoms with Crippen LogP contribution in [0, 0.1) is 5.92 Å². The number of rotatable bonds is 5. The highest BCUT2D eigenvalue weighted by atomic mass is 19.4. The van der Waals surface area contributed by atoms with Crippen LogP contribution in [-0.2, 0) is 11.8 Å². The second kappa shape index (κ2) is 8.66. The quantitative estimate of drug-likeness (QED) is 0.646. The number of halogens is 3. The van der Waals surface area contributed by atoms with E-state index in [1.165, 1.54) is 0 Å². The molecule has 1 unspecified atom stereocenters. The van der Waals surface area contributed by atoms with Crippen molar-refractivity contribution in [3.05, 3.63) is 48.5 Å². The minimum absolute atomic E-state index is 0.204. The van der Waals surface area contributed by atoms with Gasteiger partial charge in [0, 0.05) is 36.3 Å². The van der Waals surface area contributed by atoms with E-state index < -0.39 is 18.6 Å². The first-order chi connectivity index (χ1) is 14.8. The molecule has 164 valence electrons. The highest BCUT2D eigenvalue weighted by molar-refractivity contribution is 5.87. The summed E-state index contributed by atoms with van der Waals surface area (Å²) in [5, 5.41) is 11.5. The molecule has 1 amide bonds. The van der Waals surface area contributed by atoms with Crippen molar-refractivity contribution in [3.63, 3.8) is 0 Å². The summed E-state index contributed by atoms with van der Waals surface area (Å²) < 4.78 is 41.5. The molecule has 0 saturated carbocycles. The Kier molecular flexibility index (Phi) is 5.95. The molecule has 2 N–H and O–H groups in total. The molecule has 3 aromatic rings. The Bertz CT molecular complexity index is 1070. The highest BCUT2D eigenvalue weighted by Crippen LogP contribution is 2.31. The number of piperidine rings is 1. The van der Waals surface area contributed by atoms with Crippen LogP contribution in [-0.4, -0.2) is 39.9 Å². The Morgan fingerprint density at radius 1 is 1.19 bits per heavy atom. The van der Waals surface area contributed by atoms with Gasteiger partial charge in [0.05, 0.1) is 24.4 Å². The van der Waals surface area contributed by atoms with E-state index in [2.05, 4.69) is 20.7 Å². The summed E-state index contributed by atoms with van der Waals surface area (Å²) in [4.78, 5) is 16.9. The molecule has 1 atom stereocenters. The zero-order chi connectivity index (χ0) is 22.0. The van der Waals surface area contributed by atoms with Gasteiger partial charge in [-0.25, -0.2) is 0 Å². The second-order valence-corrected chi connectivity index (χ2v) is 7.98. The zero-order valence-corrected chi connectivity index (χ0v) is 17.1. The second-order valence-electron chi connectivity index (χ2n) is 7.98. The SMILES string of the molecule is Cn1cc(-c2ccc3cnc(C(CC(F)(F)F)NC(=O)C4CCNCC4)cc3c2)cn1. The van der Waals surface area contributed by atoms with Gasteiger partial charge in [-0.15, -0.1) is 0 Å². The molecule has 1 aromatic carbocycles. The standard InChI is InChI=1S/C22H24F3N5O/c1-30-13-18(12-28-30)15-2-3-16-11-27-19(9-17(16)8-15)20(10-22(23,24)25)29-21(31)14-4-6-26-7-5-14/h2-3,8-9,11-14,20,26H,4-7,10H2,1H3,(H,29,31). The van der Waals surface area contributed by atoms with E-state index in [-0.39, 0.29) is 17.5 Å². The predicted octanol–water partition coefficient (Wildman–Crippen LogP) is 3.74. The predicted molar refractivity (Wildman–Crippen MR) is 111 cm³/mol. The summed E-state index contributed by atoms with van der Waals surface area (Å²) in [5.41, 5.74) is 2.02. The molecule has 0 aliphatic carbocycles. The summed E-state index contributed by atoms with van der Waals surface area (Å²) in [6.07, 6.45) is 0.793. The Labute approximate surface area is 177 Å². The van der Waals surface area contributed by atoms with Crippen molar-refractivity contribution in [2.24, 2.45) is 13.0 Å². The van der Waals surface area contributed by atoms with Gasteiger partial charge in [-0.1, -0.05) is 12.1 Å². The lowest BCUT2D eigenvalue weighted by atomic mass is 9.96. The van der Waals surface area contributed by atoms with Gasteiger partial charge in [0.15, 0.2) is 0 Å². The van der Waals surface area contributed by atoms with Crippen LogP contribution in [0.25, 0.3) is 21.9 Å². The fraction of sp³-hybridized carbons (Fsp3) is 0.409. The normalized spacial score (nSPS) is 16.4. The number of amides is 1. The van der Waals surface area contributed by atoms with Crippen LogP contribution in [0.15, 0.2) is 42.9 Å². The van der Waals surface area contributed by atoms with Crippen molar-refractivity contribution in [2.45, 2.75) is 31.5 Å². The van der Waals surface area contributed by atoms with Crippen molar-refractivity contribution >= 4 is 16.7 Å². The van der Waals surface area contributed by atoms with Gasteiger partial charge in [-0.2, -0.15) is 18.3 Å². The van der Waals surface area contributed by atoms with Crippen molar-refractivity contribution in [3.8, 4) is 11.1 Å².